The number of hydrogen-bond donors (Lipinski definition) is 0. The van der Waals surface area contributed by atoms with Gasteiger partial charge in [0.1, 0.15) is 17.4 Å². The summed E-state index contributed by atoms with van der Waals surface area (Å²) in [6.07, 6.45) is 1.07. The van der Waals surface area contributed by atoms with Crippen LogP contribution >= 0.6 is 0 Å². The minimum Gasteiger partial charge on any atom is -0.458 e. The van der Waals surface area contributed by atoms with Crippen molar-refractivity contribution in [3.8, 4) is 17.3 Å². The molecule has 1 atom stereocenters. The van der Waals surface area contributed by atoms with Crippen LogP contribution in [0.25, 0.3) is 17.3 Å². The van der Waals surface area contributed by atoms with Crippen molar-refractivity contribution in [2.75, 3.05) is 11.5 Å². The molecule has 3 aromatic rings. The Hall–Kier alpha value is -2.48. The molecule has 6 nitrogen and oxygen atoms in total. The van der Waals surface area contributed by atoms with E-state index in [0.29, 0.717) is 35.9 Å². The van der Waals surface area contributed by atoms with E-state index in [4.69, 9.17) is 4.42 Å². The maximum atomic E-state index is 13.7. The lowest BCUT2D eigenvalue weighted by Gasteiger charge is -2.09. The van der Waals surface area contributed by atoms with Crippen LogP contribution in [0.4, 0.5) is 4.39 Å². The lowest BCUT2D eigenvalue weighted by atomic mass is 10.1. The number of hydrogen-bond acceptors (Lipinski definition) is 5. The Balaban J connectivity index is 1.74. The average Bonchev–Trinajstić information content (AvgIpc) is 3.27. The zero-order valence-electron chi connectivity index (χ0n) is 14.2. The number of rotatable bonds is 4. The molecule has 1 unspecified atom stereocenters. The fraction of sp³-hybridized carbons (Fsp3) is 0.333. The van der Waals surface area contributed by atoms with Crippen molar-refractivity contribution < 1.29 is 17.2 Å². The summed E-state index contributed by atoms with van der Waals surface area (Å²) >= 11 is 0. The van der Waals surface area contributed by atoms with Gasteiger partial charge in [0, 0.05) is 6.42 Å². The van der Waals surface area contributed by atoms with Gasteiger partial charge in [-0.05, 0) is 49.6 Å². The number of aryl methyl sites for hydroxylation is 1. The first-order valence-electron chi connectivity index (χ1n) is 8.39. The van der Waals surface area contributed by atoms with Gasteiger partial charge in [0.2, 0.25) is 5.82 Å². The second-order valence-electron chi connectivity index (χ2n) is 6.63. The third-order valence-corrected chi connectivity index (χ3v) is 6.32. The maximum absolute atomic E-state index is 13.7. The zero-order chi connectivity index (χ0) is 18.3. The molecular weight excluding hydrogens is 357 g/mol. The van der Waals surface area contributed by atoms with E-state index in [1.54, 1.807) is 22.9 Å². The number of furan rings is 1. The Morgan fingerprint density at radius 1 is 1.31 bits per heavy atom. The van der Waals surface area contributed by atoms with Crippen LogP contribution < -0.4 is 0 Å². The first-order chi connectivity index (χ1) is 12.4. The van der Waals surface area contributed by atoms with E-state index in [1.165, 1.54) is 12.1 Å². The summed E-state index contributed by atoms with van der Waals surface area (Å²) < 4.78 is 44.3. The van der Waals surface area contributed by atoms with E-state index in [9.17, 15) is 12.8 Å². The number of halogens is 1. The van der Waals surface area contributed by atoms with Gasteiger partial charge >= 0.3 is 0 Å². The normalized spacial score (nSPS) is 19.1. The fourth-order valence-corrected chi connectivity index (χ4v) is 5.10. The Morgan fingerprint density at radius 2 is 2.15 bits per heavy atom. The summed E-state index contributed by atoms with van der Waals surface area (Å²) in [6, 6.07) is 9.68. The van der Waals surface area contributed by atoms with Crippen LogP contribution in [0.1, 0.15) is 18.0 Å². The van der Waals surface area contributed by atoms with Crippen molar-refractivity contribution in [1.29, 1.82) is 0 Å². The van der Waals surface area contributed by atoms with Gasteiger partial charge in [0.15, 0.2) is 15.6 Å². The highest BCUT2D eigenvalue weighted by atomic mass is 32.2. The van der Waals surface area contributed by atoms with Crippen LogP contribution in [0, 0.1) is 18.7 Å². The molecule has 8 heteroatoms. The lowest BCUT2D eigenvalue weighted by molar-refractivity contribution is 0.544. The van der Waals surface area contributed by atoms with E-state index in [0.717, 1.165) is 5.76 Å². The molecule has 1 aliphatic rings. The Bertz CT molecular complexity index is 1060. The summed E-state index contributed by atoms with van der Waals surface area (Å²) in [4.78, 5) is 4.55. The Kier molecular flexibility index (Phi) is 4.14. The SMILES string of the molecule is Cc1ccc(-c2nc(CC3CCS(=O)(=O)C3)n(-c3cccc(F)c3)n2)o1. The number of benzene rings is 1. The third kappa shape index (κ3) is 3.41. The summed E-state index contributed by atoms with van der Waals surface area (Å²) in [6.45, 7) is 1.83. The molecular formula is C18H18FN3O3S. The maximum Gasteiger partial charge on any atom is 0.217 e. The second-order valence-corrected chi connectivity index (χ2v) is 8.86. The van der Waals surface area contributed by atoms with Crippen molar-refractivity contribution in [2.45, 2.75) is 19.8 Å². The standard InChI is InChI=1S/C18H18FN3O3S/c1-12-5-6-16(25-12)18-20-17(9-13-7-8-26(23,24)11-13)22(21-18)15-4-2-3-14(19)10-15/h2-6,10,13H,7-9,11H2,1H3. The molecule has 1 aromatic carbocycles. The van der Waals surface area contributed by atoms with Crippen LogP contribution in [-0.4, -0.2) is 34.7 Å². The molecule has 1 fully saturated rings. The van der Waals surface area contributed by atoms with Gasteiger partial charge in [-0.1, -0.05) is 6.07 Å². The van der Waals surface area contributed by atoms with Gasteiger partial charge in [-0.3, -0.25) is 0 Å². The molecule has 0 amide bonds. The largest absolute Gasteiger partial charge is 0.458 e. The molecule has 26 heavy (non-hydrogen) atoms. The van der Waals surface area contributed by atoms with Gasteiger partial charge in [-0.15, -0.1) is 5.10 Å². The second kappa shape index (κ2) is 6.35. The molecule has 3 heterocycles. The highest BCUT2D eigenvalue weighted by Gasteiger charge is 2.30. The molecule has 0 bridgehead atoms. The first-order valence-corrected chi connectivity index (χ1v) is 10.2. The smallest absolute Gasteiger partial charge is 0.217 e. The van der Waals surface area contributed by atoms with Crippen molar-refractivity contribution in [3.63, 3.8) is 0 Å². The lowest BCUT2D eigenvalue weighted by Crippen LogP contribution is -2.12. The molecule has 1 saturated heterocycles. The van der Waals surface area contributed by atoms with Gasteiger partial charge in [-0.2, -0.15) is 0 Å². The van der Waals surface area contributed by atoms with E-state index >= 15 is 0 Å². The molecule has 2 aromatic heterocycles. The average molecular weight is 375 g/mol. The van der Waals surface area contributed by atoms with Crippen LogP contribution in [-0.2, 0) is 16.3 Å². The zero-order valence-corrected chi connectivity index (χ0v) is 15.0. The van der Waals surface area contributed by atoms with Gasteiger partial charge in [0.05, 0.1) is 17.2 Å². The van der Waals surface area contributed by atoms with Crippen molar-refractivity contribution in [2.24, 2.45) is 5.92 Å². The monoisotopic (exact) mass is 375 g/mol. The topological polar surface area (TPSA) is 78.0 Å². The molecule has 0 aliphatic carbocycles. The molecule has 1 aliphatic heterocycles. The number of aromatic nitrogens is 3. The fourth-order valence-electron chi connectivity index (χ4n) is 3.24. The van der Waals surface area contributed by atoms with Gasteiger partial charge in [0.25, 0.3) is 0 Å². The van der Waals surface area contributed by atoms with E-state index in [1.807, 2.05) is 13.0 Å². The van der Waals surface area contributed by atoms with Crippen molar-refractivity contribution in [1.82, 2.24) is 14.8 Å². The molecule has 0 N–H and O–H groups in total. The Morgan fingerprint density at radius 3 is 2.81 bits per heavy atom. The third-order valence-electron chi connectivity index (χ3n) is 4.49. The van der Waals surface area contributed by atoms with E-state index < -0.39 is 9.84 Å². The van der Waals surface area contributed by atoms with Gasteiger partial charge < -0.3 is 4.42 Å². The first kappa shape index (κ1) is 17.0. The van der Waals surface area contributed by atoms with Crippen molar-refractivity contribution in [3.05, 3.63) is 53.8 Å². The van der Waals surface area contributed by atoms with Crippen molar-refractivity contribution >= 4 is 9.84 Å². The van der Waals surface area contributed by atoms with Crippen LogP contribution in [0.5, 0.6) is 0 Å². The summed E-state index contributed by atoms with van der Waals surface area (Å²) in [5.74, 6) is 2.24. The van der Waals surface area contributed by atoms with Gasteiger partial charge in [-0.25, -0.2) is 22.5 Å². The predicted molar refractivity (Wildman–Crippen MR) is 94.2 cm³/mol. The summed E-state index contributed by atoms with van der Waals surface area (Å²) in [5, 5.41) is 4.48. The quantitative estimate of drug-likeness (QED) is 0.701. The molecule has 0 radical (unpaired) electrons. The summed E-state index contributed by atoms with van der Waals surface area (Å²) in [5.41, 5.74) is 0.544. The minimum absolute atomic E-state index is 0.0114. The number of nitrogens with zero attached hydrogens (tertiary/aromatic N) is 3. The highest BCUT2D eigenvalue weighted by Crippen LogP contribution is 2.26. The van der Waals surface area contributed by atoms with Crippen LogP contribution in [0.15, 0.2) is 40.8 Å². The van der Waals surface area contributed by atoms with Crippen LogP contribution in [0.3, 0.4) is 0 Å². The highest BCUT2D eigenvalue weighted by molar-refractivity contribution is 7.91. The Labute approximate surface area is 150 Å². The van der Waals surface area contributed by atoms with E-state index in [2.05, 4.69) is 10.1 Å². The minimum atomic E-state index is -2.98. The number of sulfone groups is 1. The van der Waals surface area contributed by atoms with Crippen LogP contribution in [0.2, 0.25) is 0 Å². The molecule has 4 rings (SSSR count). The molecule has 0 spiro atoms. The van der Waals surface area contributed by atoms with E-state index in [-0.39, 0.29) is 23.2 Å². The predicted octanol–water partition coefficient (Wildman–Crippen LogP) is 2.95. The molecule has 136 valence electrons. The molecule has 0 saturated carbocycles. The summed E-state index contributed by atoms with van der Waals surface area (Å²) in [7, 11) is -2.98.